The van der Waals surface area contributed by atoms with Crippen molar-refractivity contribution >= 4 is 29.2 Å². The molecule has 0 aromatic heterocycles. The molecule has 0 unspecified atom stereocenters. The number of hydrogen-bond donors (Lipinski definition) is 1. The molecule has 0 aliphatic heterocycles. The first kappa shape index (κ1) is 14.2. The quantitative estimate of drug-likeness (QED) is 0.676. The highest BCUT2D eigenvalue weighted by Gasteiger charge is 2.03. The minimum Gasteiger partial charge on any atom is -0.463 e. The summed E-state index contributed by atoms with van der Waals surface area (Å²) in [6, 6.07) is 3.85. The summed E-state index contributed by atoms with van der Waals surface area (Å²) in [6.07, 6.45) is 2.00. The Kier molecular flexibility index (Phi) is 5.32. The molecular weight excluding hydrogens is 261 g/mol. The van der Waals surface area contributed by atoms with Crippen LogP contribution in [0.3, 0.4) is 0 Å². The van der Waals surface area contributed by atoms with Gasteiger partial charge < -0.3 is 10.1 Å². The maximum atomic E-state index is 13.1. The maximum absolute atomic E-state index is 13.1. The molecule has 96 valence electrons. The van der Waals surface area contributed by atoms with Crippen LogP contribution >= 0.6 is 11.6 Å². The third-order valence-electron chi connectivity index (χ3n) is 1.84. The highest BCUT2D eigenvalue weighted by molar-refractivity contribution is 6.30. The van der Waals surface area contributed by atoms with Crippen LogP contribution in [0.1, 0.15) is 6.92 Å². The first-order valence-corrected chi connectivity index (χ1v) is 5.51. The van der Waals surface area contributed by atoms with E-state index in [1.165, 1.54) is 12.1 Å². The average molecular weight is 272 g/mol. The Morgan fingerprint density at radius 3 is 2.78 bits per heavy atom. The molecule has 0 saturated carbocycles. The van der Waals surface area contributed by atoms with E-state index in [0.717, 1.165) is 18.2 Å². The summed E-state index contributed by atoms with van der Waals surface area (Å²) >= 11 is 5.49. The zero-order chi connectivity index (χ0) is 13.5. The van der Waals surface area contributed by atoms with Crippen LogP contribution in [-0.4, -0.2) is 18.5 Å². The highest BCUT2D eigenvalue weighted by atomic mass is 35.5. The van der Waals surface area contributed by atoms with Crippen molar-refractivity contribution in [3.8, 4) is 0 Å². The molecule has 0 aliphatic rings. The van der Waals surface area contributed by atoms with Crippen molar-refractivity contribution in [1.82, 2.24) is 0 Å². The molecule has 0 bridgehead atoms. The fourth-order valence-corrected chi connectivity index (χ4v) is 1.21. The van der Waals surface area contributed by atoms with Crippen molar-refractivity contribution in [2.75, 3.05) is 11.9 Å². The number of nitrogens with one attached hydrogen (secondary N) is 1. The monoisotopic (exact) mass is 271 g/mol. The van der Waals surface area contributed by atoms with Crippen molar-refractivity contribution in [3.63, 3.8) is 0 Å². The smallest absolute Gasteiger partial charge is 0.330 e. The van der Waals surface area contributed by atoms with E-state index in [9.17, 15) is 14.0 Å². The molecule has 0 heterocycles. The van der Waals surface area contributed by atoms with E-state index >= 15 is 0 Å². The van der Waals surface area contributed by atoms with Gasteiger partial charge >= 0.3 is 5.97 Å². The number of rotatable bonds is 4. The van der Waals surface area contributed by atoms with Gasteiger partial charge in [0.25, 0.3) is 0 Å². The van der Waals surface area contributed by atoms with Crippen molar-refractivity contribution in [2.24, 2.45) is 0 Å². The van der Waals surface area contributed by atoms with E-state index in [4.69, 9.17) is 11.6 Å². The number of carbonyl (C=O) groups excluding carboxylic acids is 2. The second kappa shape index (κ2) is 6.76. The van der Waals surface area contributed by atoms with Gasteiger partial charge in [-0.1, -0.05) is 11.6 Å². The minimum absolute atomic E-state index is 0.0323. The SMILES string of the molecule is CCOC(=O)/C=C\C(=O)Nc1ccc(Cl)c(F)c1. The van der Waals surface area contributed by atoms with E-state index in [2.05, 4.69) is 10.1 Å². The minimum atomic E-state index is -0.635. The number of amides is 1. The van der Waals surface area contributed by atoms with Crippen LogP contribution in [-0.2, 0) is 14.3 Å². The molecule has 6 heteroatoms. The normalized spacial score (nSPS) is 10.4. The molecule has 0 atom stereocenters. The van der Waals surface area contributed by atoms with E-state index in [1.54, 1.807) is 6.92 Å². The fraction of sp³-hybridized carbons (Fsp3) is 0.167. The number of anilines is 1. The van der Waals surface area contributed by atoms with Crippen LogP contribution in [0.4, 0.5) is 10.1 Å². The molecule has 0 aliphatic carbocycles. The second-order valence-electron chi connectivity index (χ2n) is 3.20. The third kappa shape index (κ3) is 4.55. The molecule has 1 rings (SSSR count). The van der Waals surface area contributed by atoms with Crippen LogP contribution in [0.15, 0.2) is 30.4 Å². The van der Waals surface area contributed by atoms with E-state index < -0.39 is 17.7 Å². The van der Waals surface area contributed by atoms with Crippen LogP contribution in [0.25, 0.3) is 0 Å². The molecule has 0 fully saturated rings. The Morgan fingerprint density at radius 2 is 2.17 bits per heavy atom. The van der Waals surface area contributed by atoms with Crippen LogP contribution < -0.4 is 5.32 Å². The van der Waals surface area contributed by atoms with Gasteiger partial charge in [0.05, 0.1) is 11.6 Å². The van der Waals surface area contributed by atoms with Gasteiger partial charge in [-0.25, -0.2) is 9.18 Å². The Morgan fingerprint density at radius 1 is 1.44 bits per heavy atom. The largest absolute Gasteiger partial charge is 0.463 e. The molecule has 1 N–H and O–H groups in total. The first-order valence-electron chi connectivity index (χ1n) is 5.13. The first-order chi connectivity index (χ1) is 8.52. The van der Waals surface area contributed by atoms with Crippen LogP contribution in [0.5, 0.6) is 0 Å². The summed E-state index contributed by atoms with van der Waals surface area (Å²) in [4.78, 5) is 22.3. The number of benzene rings is 1. The Balaban J connectivity index is 2.59. The molecule has 1 aromatic carbocycles. The van der Waals surface area contributed by atoms with E-state index in [0.29, 0.717) is 0 Å². The van der Waals surface area contributed by atoms with Crippen molar-refractivity contribution in [3.05, 3.63) is 41.2 Å². The Bertz CT molecular complexity index is 488. The van der Waals surface area contributed by atoms with Gasteiger partial charge in [-0.15, -0.1) is 0 Å². The molecule has 1 aromatic rings. The summed E-state index contributed by atoms with van der Waals surface area (Å²) in [5, 5.41) is 2.34. The number of halogens is 2. The lowest BCUT2D eigenvalue weighted by molar-refractivity contribution is -0.137. The summed E-state index contributed by atoms with van der Waals surface area (Å²) in [5.41, 5.74) is 0.246. The fourth-order valence-electron chi connectivity index (χ4n) is 1.09. The summed E-state index contributed by atoms with van der Waals surface area (Å²) in [6.45, 7) is 1.88. The van der Waals surface area contributed by atoms with Gasteiger partial charge in [0.15, 0.2) is 0 Å². The topological polar surface area (TPSA) is 55.4 Å². The van der Waals surface area contributed by atoms with Crippen molar-refractivity contribution < 1.29 is 18.7 Å². The zero-order valence-electron chi connectivity index (χ0n) is 9.57. The maximum Gasteiger partial charge on any atom is 0.330 e. The Hall–Kier alpha value is -1.88. The number of hydrogen-bond acceptors (Lipinski definition) is 3. The lowest BCUT2D eigenvalue weighted by atomic mass is 10.3. The molecule has 18 heavy (non-hydrogen) atoms. The standard InChI is InChI=1S/C12H11ClFNO3/c1-2-18-12(17)6-5-11(16)15-8-3-4-9(13)10(14)7-8/h3-7H,2H2,1H3,(H,15,16)/b6-5-. The van der Waals surface area contributed by atoms with Crippen LogP contribution in [0, 0.1) is 5.82 Å². The predicted molar refractivity (Wildman–Crippen MR) is 65.8 cm³/mol. The summed E-state index contributed by atoms with van der Waals surface area (Å²) < 4.78 is 17.7. The van der Waals surface area contributed by atoms with Crippen molar-refractivity contribution in [2.45, 2.75) is 6.92 Å². The van der Waals surface area contributed by atoms with Crippen LogP contribution in [0.2, 0.25) is 5.02 Å². The van der Waals surface area contributed by atoms with E-state index in [1.807, 2.05) is 0 Å². The van der Waals surface area contributed by atoms with Gasteiger partial charge in [-0.3, -0.25) is 4.79 Å². The zero-order valence-corrected chi connectivity index (χ0v) is 10.3. The molecule has 4 nitrogen and oxygen atoms in total. The van der Waals surface area contributed by atoms with E-state index in [-0.39, 0.29) is 17.3 Å². The third-order valence-corrected chi connectivity index (χ3v) is 2.15. The second-order valence-corrected chi connectivity index (χ2v) is 3.61. The molecule has 0 saturated heterocycles. The van der Waals surface area contributed by atoms with Gasteiger partial charge in [0.2, 0.25) is 5.91 Å². The number of esters is 1. The van der Waals surface area contributed by atoms with Crippen molar-refractivity contribution in [1.29, 1.82) is 0 Å². The number of carbonyl (C=O) groups is 2. The molecule has 0 spiro atoms. The van der Waals surface area contributed by atoms with Gasteiger partial charge in [-0.2, -0.15) is 0 Å². The summed E-state index contributed by atoms with van der Waals surface area (Å²) in [5.74, 6) is -1.82. The predicted octanol–water partition coefficient (Wildman–Crippen LogP) is 2.54. The van der Waals surface area contributed by atoms with Gasteiger partial charge in [0, 0.05) is 17.8 Å². The molecular formula is C12H11ClFNO3. The van der Waals surface area contributed by atoms with Gasteiger partial charge in [-0.05, 0) is 25.1 Å². The number of ether oxygens (including phenoxy) is 1. The lowest BCUT2D eigenvalue weighted by Crippen LogP contribution is -2.09. The van der Waals surface area contributed by atoms with Gasteiger partial charge in [0.1, 0.15) is 5.82 Å². The Labute approximate surface area is 108 Å². The summed E-state index contributed by atoms with van der Waals surface area (Å²) in [7, 11) is 0. The molecule has 1 amide bonds. The molecule has 0 radical (unpaired) electrons. The average Bonchev–Trinajstić information content (AvgIpc) is 2.32. The highest BCUT2D eigenvalue weighted by Crippen LogP contribution is 2.18. The lowest BCUT2D eigenvalue weighted by Gasteiger charge is -2.02.